The van der Waals surface area contributed by atoms with Gasteiger partial charge in [0, 0.05) is 17.0 Å². The molecule has 0 aliphatic heterocycles. The first-order valence-electron chi connectivity index (χ1n) is 6.04. The lowest BCUT2D eigenvalue weighted by molar-refractivity contribution is -0.116. The quantitative estimate of drug-likeness (QED) is 0.886. The van der Waals surface area contributed by atoms with Crippen LogP contribution in [0.1, 0.15) is 33.6 Å². The van der Waals surface area contributed by atoms with Crippen molar-refractivity contribution in [3.63, 3.8) is 0 Å². The lowest BCUT2D eigenvalue weighted by Gasteiger charge is -2.09. The number of nitrogens with zero attached hydrogens (tertiary/aromatic N) is 3. The molecule has 20 heavy (non-hydrogen) atoms. The van der Waals surface area contributed by atoms with Crippen LogP contribution in [0.25, 0.3) is 11.4 Å². The summed E-state index contributed by atoms with van der Waals surface area (Å²) in [5.74, 6) is 0.372. The smallest absolute Gasteiger partial charge is 0.224 e. The maximum Gasteiger partial charge on any atom is 0.224 e. The summed E-state index contributed by atoms with van der Waals surface area (Å²) in [6, 6.07) is 5.15. The summed E-state index contributed by atoms with van der Waals surface area (Å²) in [6.07, 6.45) is 2.30. The van der Waals surface area contributed by atoms with Gasteiger partial charge in [-0.15, -0.1) is 10.2 Å². The second-order valence-electron chi connectivity index (χ2n) is 4.08. The largest absolute Gasteiger partial charge is 0.325 e. The summed E-state index contributed by atoms with van der Waals surface area (Å²) in [7, 11) is 0. The van der Waals surface area contributed by atoms with E-state index in [0.29, 0.717) is 28.5 Å². The standard InChI is InChI=1S/C12H14ClN5O.CH4/c1-2-3-4-11(19)14-10-7-8(13)5-6-9(10)12-15-17-18-16-12;/h5-7H,2-4H2,1H3,(H,14,19)(H,15,16,17,18);1H4. The number of hydrogen-bond donors (Lipinski definition) is 2. The molecule has 1 aromatic carbocycles. The van der Waals surface area contributed by atoms with Crippen LogP contribution in [0.4, 0.5) is 5.69 Å². The monoisotopic (exact) mass is 295 g/mol. The maximum absolute atomic E-state index is 11.8. The molecule has 0 saturated carbocycles. The molecule has 0 saturated heterocycles. The molecule has 108 valence electrons. The molecule has 2 N–H and O–H groups in total. The molecule has 1 amide bonds. The van der Waals surface area contributed by atoms with Crippen molar-refractivity contribution in [3.05, 3.63) is 23.2 Å². The van der Waals surface area contributed by atoms with Gasteiger partial charge < -0.3 is 5.32 Å². The molecule has 2 aromatic rings. The van der Waals surface area contributed by atoms with Crippen molar-refractivity contribution in [3.8, 4) is 11.4 Å². The van der Waals surface area contributed by atoms with Crippen LogP contribution in [0.15, 0.2) is 18.2 Å². The number of hydrogen-bond acceptors (Lipinski definition) is 4. The van der Waals surface area contributed by atoms with Gasteiger partial charge in [0.2, 0.25) is 11.7 Å². The highest BCUT2D eigenvalue weighted by molar-refractivity contribution is 6.31. The highest BCUT2D eigenvalue weighted by Gasteiger charge is 2.12. The van der Waals surface area contributed by atoms with Crippen molar-refractivity contribution in [1.29, 1.82) is 0 Å². The van der Waals surface area contributed by atoms with Gasteiger partial charge in [-0.25, -0.2) is 0 Å². The highest BCUT2D eigenvalue weighted by Crippen LogP contribution is 2.28. The lowest BCUT2D eigenvalue weighted by atomic mass is 10.1. The van der Waals surface area contributed by atoms with E-state index in [1.165, 1.54) is 0 Å². The third kappa shape index (κ3) is 4.03. The minimum atomic E-state index is -0.0474. The first-order valence-corrected chi connectivity index (χ1v) is 6.41. The Bertz CT molecular complexity index is 556. The lowest BCUT2D eigenvalue weighted by Crippen LogP contribution is -2.12. The zero-order valence-electron chi connectivity index (χ0n) is 10.5. The molecule has 0 bridgehead atoms. The Morgan fingerprint density at radius 1 is 1.45 bits per heavy atom. The van der Waals surface area contributed by atoms with E-state index in [2.05, 4.69) is 25.9 Å². The van der Waals surface area contributed by atoms with Gasteiger partial charge in [-0.05, 0) is 29.8 Å². The van der Waals surface area contributed by atoms with E-state index in [1.807, 2.05) is 6.92 Å². The Balaban J connectivity index is 0.00000200. The highest BCUT2D eigenvalue weighted by atomic mass is 35.5. The number of aromatic amines is 1. The van der Waals surface area contributed by atoms with Gasteiger partial charge >= 0.3 is 0 Å². The molecule has 2 rings (SSSR count). The number of H-pyrrole nitrogens is 1. The first kappa shape index (κ1) is 16.1. The number of unbranched alkanes of at least 4 members (excludes halogenated alkanes) is 1. The summed E-state index contributed by atoms with van der Waals surface area (Å²) in [5.41, 5.74) is 1.28. The second kappa shape index (κ2) is 7.59. The van der Waals surface area contributed by atoms with E-state index in [-0.39, 0.29) is 13.3 Å². The topological polar surface area (TPSA) is 83.6 Å². The van der Waals surface area contributed by atoms with Crippen LogP contribution in [0.2, 0.25) is 5.02 Å². The van der Waals surface area contributed by atoms with Crippen LogP contribution >= 0.6 is 11.6 Å². The van der Waals surface area contributed by atoms with Crippen molar-refractivity contribution in [1.82, 2.24) is 20.6 Å². The molecule has 1 heterocycles. The normalized spacial score (nSPS) is 9.90. The minimum Gasteiger partial charge on any atom is -0.325 e. The molecular formula is C13H18ClN5O. The molecule has 1 aromatic heterocycles. The third-order valence-corrected chi connectivity index (χ3v) is 2.83. The Morgan fingerprint density at radius 3 is 2.90 bits per heavy atom. The number of benzene rings is 1. The van der Waals surface area contributed by atoms with E-state index in [1.54, 1.807) is 18.2 Å². The number of anilines is 1. The maximum atomic E-state index is 11.8. The van der Waals surface area contributed by atoms with Crippen LogP contribution < -0.4 is 5.32 Å². The predicted octanol–water partition coefficient (Wildman–Crippen LogP) is 3.28. The molecule has 7 heteroatoms. The van der Waals surface area contributed by atoms with E-state index in [4.69, 9.17) is 11.6 Å². The zero-order valence-corrected chi connectivity index (χ0v) is 11.2. The number of aromatic nitrogens is 4. The average Bonchev–Trinajstić information content (AvgIpc) is 2.90. The fraction of sp³-hybridized carbons (Fsp3) is 0.385. The SMILES string of the molecule is C.CCCCC(=O)Nc1cc(Cl)ccc1-c1nn[nH]n1. The Hall–Kier alpha value is -1.95. The van der Waals surface area contributed by atoms with Crippen molar-refractivity contribution in [2.75, 3.05) is 5.32 Å². The van der Waals surface area contributed by atoms with E-state index < -0.39 is 0 Å². The number of carbonyl (C=O) groups excluding carboxylic acids is 1. The molecule has 6 nitrogen and oxygen atoms in total. The van der Waals surface area contributed by atoms with E-state index in [0.717, 1.165) is 12.8 Å². The van der Waals surface area contributed by atoms with Crippen molar-refractivity contribution in [2.24, 2.45) is 0 Å². The van der Waals surface area contributed by atoms with Crippen molar-refractivity contribution in [2.45, 2.75) is 33.6 Å². The number of halogens is 1. The molecule has 0 atom stereocenters. The van der Waals surface area contributed by atoms with Crippen molar-refractivity contribution >= 4 is 23.2 Å². The predicted molar refractivity (Wildman–Crippen MR) is 79.5 cm³/mol. The van der Waals surface area contributed by atoms with E-state index in [9.17, 15) is 4.79 Å². The van der Waals surface area contributed by atoms with Crippen molar-refractivity contribution < 1.29 is 4.79 Å². The third-order valence-electron chi connectivity index (χ3n) is 2.60. The molecule has 0 aliphatic rings. The van der Waals surface area contributed by atoms with Crippen LogP contribution in [0.3, 0.4) is 0 Å². The Labute approximate surface area is 122 Å². The molecule has 0 unspecified atom stereocenters. The first-order chi connectivity index (χ1) is 9.20. The van der Waals surface area contributed by atoms with Crippen LogP contribution in [-0.4, -0.2) is 26.5 Å². The summed E-state index contributed by atoms with van der Waals surface area (Å²) in [5, 5.41) is 17.1. The van der Waals surface area contributed by atoms with Gasteiger partial charge in [0.15, 0.2) is 0 Å². The number of nitrogens with one attached hydrogen (secondary N) is 2. The van der Waals surface area contributed by atoms with Gasteiger partial charge in [0.25, 0.3) is 0 Å². The molecule has 0 spiro atoms. The molecule has 0 fully saturated rings. The fourth-order valence-electron chi connectivity index (χ4n) is 1.64. The molecular weight excluding hydrogens is 278 g/mol. The van der Waals surface area contributed by atoms with E-state index >= 15 is 0 Å². The van der Waals surface area contributed by atoms with Crippen LogP contribution in [0.5, 0.6) is 0 Å². The summed E-state index contributed by atoms with van der Waals surface area (Å²) >= 11 is 5.95. The minimum absolute atomic E-state index is 0. The summed E-state index contributed by atoms with van der Waals surface area (Å²) in [4.78, 5) is 11.8. The fourth-order valence-corrected chi connectivity index (χ4v) is 1.81. The van der Waals surface area contributed by atoms with Gasteiger partial charge in [0.05, 0.1) is 5.69 Å². The number of carbonyl (C=O) groups is 1. The van der Waals surface area contributed by atoms with Crippen LogP contribution in [-0.2, 0) is 4.79 Å². The molecule has 0 aliphatic carbocycles. The Morgan fingerprint density at radius 2 is 2.25 bits per heavy atom. The average molecular weight is 296 g/mol. The molecule has 0 radical (unpaired) electrons. The zero-order chi connectivity index (χ0) is 13.7. The van der Waals surface area contributed by atoms with Gasteiger partial charge in [0.1, 0.15) is 0 Å². The summed E-state index contributed by atoms with van der Waals surface area (Å²) < 4.78 is 0. The second-order valence-corrected chi connectivity index (χ2v) is 4.51. The van der Waals surface area contributed by atoms with Gasteiger partial charge in [-0.3, -0.25) is 4.79 Å². The van der Waals surface area contributed by atoms with Gasteiger partial charge in [-0.1, -0.05) is 32.4 Å². The number of rotatable bonds is 5. The summed E-state index contributed by atoms with van der Waals surface area (Å²) in [6.45, 7) is 2.04. The number of tetrazole rings is 1. The number of amides is 1. The van der Waals surface area contributed by atoms with Crippen LogP contribution in [0, 0.1) is 0 Å². The Kier molecular flexibility index (Phi) is 6.11. The van der Waals surface area contributed by atoms with Gasteiger partial charge in [-0.2, -0.15) is 5.21 Å².